The molecule has 1 atom stereocenters. The van der Waals surface area contributed by atoms with Crippen molar-refractivity contribution in [2.75, 3.05) is 56.2 Å². The van der Waals surface area contributed by atoms with Gasteiger partial charge in [0, 0.05) is 37.8 Å². The number of hydrogen-bond acceptors (Lipinski definition) is 7. The number of nitrogens with zero attached hydrogens (tertiary/aromatic N) is 4. The molecule has 1 aromatic heterocycles. The maximum atomic E-state index is 15.1. The van der Waals surface area contributed by atoms with Crippen LogP contribution in [0.15, 0.2) is 54.7 Å². The van der Waals surface area contributed by atoms with Gasteiger partial charge in [-0.3, -0.25) is 14.7 Å². The van der Waals surface area contributed by atoms with E-state index in [1.54, 1.807) is 23.2 Å². The molecule has 37 heavy (non-hydrogen) atoms. The molecule has 0 saturated carbocycles. The third-order valence-electron chi connectivity index (χ3n) is 6.52. The number of para-hydroxylation sites is 1. The van der Waals surface area contributed by atoms with Crippen LogP contribution < -0.4 is 15.1 Å². The molecule has 0 radical (unpaired) electrons. The Bertz CT molecular complexity index is 1350. The third kappa shape index (κ3) is 5.26. The fourth-order valence-electron chi connectivity index (χ4n) is 4.55. The molecule has 2 aromatic carbocycles. The highest BCUT2D eigenvalue weighted by molar-refractivity contribution is 7.80. The minimum absolute atomic E-state index is 0.0865. The zero-order chi connectivity index (χ0) is 25.9. The number of ether oxygens (including phenoxy) is 2. The van der Waals surface area contributed by atoms with Crippen molar-refractivity contribution in [3.8, 4) is 0 Å². The minimum Gasteiger partial charge on any atom is -0.474 e. The van der Waals surface area contributed by atoms with Crippen LogP contribution in [0.5, 0.6) is 0 Å². The smallest absolute Gasteiger partial charge is 0.414 e. The van der Waals surface area contributed by atoms with E-state index in [4.69, 9.17) is 21.7 Å². The van der Waals surface area contributed by atoms with Crippen molar-refractivity contribution in [3.05, 3.63) is 66.1 Å². The van der Waals surface area contributed by atoms with Crippen LogP contribution in [0, 0.1) is 5.82 Å². The average Bonchev–Trinajstić information content (AvgIpc) is 3.31. The van der Waals surface area contributed by atoms with Crippen LogP contribution in [0.2, 0.25) is 0 Å². The highest BCUT2D eigenvalue weighted by Crippen LogP contribution is 2.29. The normalized spacial score (nSPS) is 17.6. The molecule has 2 amide bonds. The van der Waals surface area contributed by atoms with Crippen LogP contribution in [-0.2, 0) is 9.47 Å². The standard InChI is InChI=1S/C26H26FN5O4S/c1-35-25(37)29-15-20-16-32(26(34)36-20)19-6-7-23(21(27)13-19)30-8-10-31(11-9-30)24(33)18-12-17-4-2-3-5-22(17)28-14-18/h2-7,12-14,20H,8-11,15-16H2,1H3,(H,29,37)/t20-/m0/s1. The summed E-state index contributed by atoms with van der Waals surface area (Å²) in [6, 6.07) is 14.2. The van der Waals surface area contributed by atoms with E-state index in [0.717, 1.165) is 10.9 Å². The zero-order valence-corrected chi connectivity index (χ0v) is 21.0. The first-order valence-electron chi connectivity index (χ1n) is 11.9. The number of fused-ring (bicyclic) bond motifs is 1. The molecule has 9 nitrogen and oxygen atoms in total. The lowest BCUT2D eigenvalue weighted by Crippen LogP contribution is -2.49. The Morgan fingerprint density at radius 2 is 1.97 bits per heavy atom. The van der Waals surface area contributed by atoms with Gasteiger partial charge in [-0.25, -0.2) is 9.18 Å². The first-order valence-corrected chi connectivity index (χ1v) is 12.3. The second-order valence-electron chi connectivity index (χ2n) is 8.82. The van der Waals surface area contributed by atoms with Gasteiger partial charge >= 0.3 is 6.09 Å². The molecule has 2 aliphatic heterocycles. The average molecular weight is 524 g/mol. The Hall–Kier alpha value is -3.99. The molecule has 2 fully saturated rings. The van der Waals surface area contributed by atoms with Crippen LogP contribution in [0.3, 0.4) is 0 Å². The van der Waals surface area contributed by atoms with Gasteiger partial charge in [0.25, 0.3) is 11.1 Å². The van der Waals surface area contributed by atoms with E-state index in [9.17, 15) is 9.59 Å². The SMILES string of the molecule is COC(=S)NC[C@H]1CN(c2ccc(N3CCN(C(=O)c4cnc5ccccc5c4)CC3)c(F)c2)C(=O)O1. The van der Waals surface area contributed by atoms with Crippen molar-refractivity contribution >= 4 is 51.7 Å². The number of nitrogens with one attached hydrogen (secondary N) is 1. The Morgan fingerprint density at radius 1 is 1.19 bits per heavy atom. The highest BCUT2D eigenvalue weighted by atomic mass is 32.1. The van der Waals surface area contributed by atoms with E-state index in [1.807, 2.05) is 35.2 Å². The van der Waals surface area contributed by atoms with Crippen LogP contribution in [0.4, 0.5) is 20.6 Å². The van der Waals surface area contributed by atoms with E-state index in [-0.39, 0.29) is 17.6 Å². The number of aromatic nitrogens is 1. The molecule has 5 rings (SSSR count). The van der Waals surface area contributed by atoms with Crippen molar-refractivity contribution in [3.63, 3.8) is 0 Å². The topological polar surface area (TPSA) is 87.2 Å². The summed E-state index contributed by atoms with van der Waals surface area (Å²) in [5.74, 6) is -0.525. The van der Waals surface area contributed by atoms with Crippen LogP contribution in [0.25, 0.3) is 10.9 Å². The maximum Gasteiger partial charge on any atom is 0.414 e. The number of carbonyl (C=O) groups excluding carboxylic acids is 2. The molecule has 2 aliphatic rings. The summed E-state index contributed by atoms with van der Waals surface area (Å²) in [4.78, 5) is 34.8. The van der Waals surface area contributed by atoms with Crippen molar-refractivity contribution in [1.29, 1.82) is 0 Å². The number of methoxy groups -OCH3 is 1. The summed E-state index contributed by atoms with van der Waals surface area (Å²) >= 11 is 4.93. The lowest BCUT2D eigenvalue weighted by atomic mass is 10.1. The molecule has 0 spiro atoms. The number of anilines is 2. The highest BCUT2D eigenvalue weighted by Gasteiger charge is 2.33. The van der Waals surface area contributed by atoms with E-state index < -0.39 is 18.0 Å². The van der Waals surface area contributed by atoms with Gasteiger partial charge in [-0.05, 0) is 42.5 Å². The second kappa shape index (κ2) is 10.6. The number of benzene rings is 2. The summed E-state index contributed by atoms with van der Waals surface area (Å²) < 4.78 is 25.3. The molecule has 0 unspecified atom stereocenters. The summed E-state index contributed by atoms with van der Waals surface area (Å²) in [6.07, 6.45) is 0.620. The third-order valence-corrected chi connectivity index (χ3v) is 6.83. The number of cyclic esters (lactones) is 1. The quantitative estimate of drug-likeness (QED) is 0.511. The molecule has 1 N–H and O–H groups in total. The molecule has 3 heterocycles. The number of carbonyl (C=O) groups is 2. The van der Waals surface area contributed by atoms with Gasteiger partial charge in [-0.15, -0.1) is 0 Å². The fourth-order valence-corrected chi connectivity index (χ4v) is 4.63. The lowest BCUT2D eigenvalue weighted by Gasteiger charge is -2.36. The monoisotopic (exact) mass is 523 g/mol. The summed E-state index contributed by atoms with van der Waals surface area (Å²) in [5.41, 5.74) is 2.23. The van der Waals surface area contributed by atoms with Crippen LogP contribution in [0.1, 0.15) is 10.4 Å². The lowest BCUT2D eigenvalue weighted by molar-refractivity contribution is 0.0746. The van der Waals surface area contributed by atoms with E-state index in [2.05, 4.69) is 10.3 Å². The maximum absolute atomic E-state index is 15.1. The number of rotatable bonds is 5. The Labute approximate surface area is 218 Å². The molecule has 0 aliphatic carbocycles. The van der Waals surface area contributed by atoms with Crippen molar-refractivity contribution in [1.82, 2.24) is 15.2 Å². The zero-order valence-electron chi connectivity index (χ0n) is 20.2. The summed E-state index contributed by atoms with van der Waals surface area (Å²) in [6.45, 7) is 2.46. The van der Waals surface area contributed by atoms with Gasteiger partial charge in [0.2, 0.25) is 0 Å². The minimum atomic E-state index is -0.544. The Morgan fingerprint density at radius 3 is 2.73 bits per heavy atom. The molecule has 2 saturated heterocycles. The molecule has 192 valence electrons. The summed E-state index contributed by atoms with van der Waals surface area (Å²) in [5, 5.41) is 3.98. The first-order chi connectivity index (χ1) is 17.9. The van der Waals surface area contributed by atoms with Crippen LogP contribution in [-0.4, -0.2) is 79.5 Å². The van der Waals surface area contributed by atoms with Gasteiger partial charge < -0.3 is 24.6 Å². The first kappa shape index (κ1) is 24.7. The van der Waals surface area contributed by atoms with Gasteiger partial charge in [0.15, 0.2) is 0 Å². The van der Waals surface area contributed by atoms with Gasteiger partial charge in [0.05, 0.1) is 42.7 Å². The summed E-state index contributed by atoms with van der Waals surface area (Å²) in [7, 11) is 1.45. The number of thiocarbonyl (C=S) groups is 1. The van der Waals surface area contributed by atoms with E-state index >= 15 is 4.39 Å². The predicted octanol–water partition coefficient (Wildman–Crippen LogP) is 3.18. The molecular weight excluding hydrogens is 497 g/mol. The number of halogens is 1. The molecule has 11 heteroatoms. The number of piperazine rings is 1. The largest absolute Gasteiger partial charge is 0.474 e. The Balaban J connectivity index is 1.20. The molecular formula is C26H26FN5O4S. The number of amides is 2. The van der Waals surface area contributed by atoms with Crippen molar-refractivity contribution in [2.24, 2.45) is 0 Å². The van der Waals surface area contributed by atoms with Crippen molar-refractivity contribution in [2.45, 2.75) is 6.10 Å². The van der Waals surface area contributed by atoms with Gasteiger partial charge in [-0.2, -0.15) is 0 Å². The van der Waals surface area contributed by atoms with E-state index in [0.29, 0.717) is 49.7 Å². The second-order valence-corrected chi connectivity index (χ2v) is 9.19. The fraction of sp³-hybridized carbons (Fsp3) is 0.308. The predicted molar refractivity (Wildman–Crippen MR) is 141 cm³/mol. The Kier molecular flexibility index (Phi) is 7.04. The molecule has 0 bridgehead atoms. The van der Waals surface area contributed by atoms with Gasteiger partial charge in [0.1, 0.15) is 11.9 Å². The number of pyridine rings is 1. The van der Waals surface area contributed by atoms with Gasteiger partial charge in [-0.1, -0.05) is 18.2 Å². The van der Waals surface area contributed by atoms with Crippen LogP contribution >= 0.6 is 12.2 Å². The van der Waals surface area contributed by atoms with Crippen molar-refractivity contribution < 1.29 is 23.5 Å². The molecule has 3 aromatic rings. The van der Waals surface area contributed by atoms with E-state index in [1.165, 1.54) is 18.1 Å². The number of hydrogen-bond donors (Lipinski definition) is 1.